The summed E-state index contributed by atoms with van der Waals surface area (Å²) in [5, 5.41) is 9.56. The number of thioether (sulfide) groups is 1. The molecule has 168 valence electrons. The van der Waals surface area contributed by atoms with Gasteiger partial charge in [0.15, 0.2) is 11.0 Å². The van der Waals surface area contributed by atoms with E-state index in [2.05, 4.69) is 36.2 Å². The zero-order valence-corrected chi connectivity index (χ0v) is 19.7. The summed E-state index contributed by atoms with van der Waals surface area (Å²) in [6.45, 7) is 5.59. The quantitative estimate of drug-likeness (QED) is 0.412. The first-order chi connectivity index (χ1) is 15.6. The molecule has 4 rings (SSSR count). The molecule has 0 radical (unpaired) electrons. The summed E-state index contributed by atoms with van der Waals surface area (Å²) < 4.78 is 7.54. The van der Waals surface area contributed by atoms with Crippen LogP contribution in [0.15, 0.2) is 59.8 Å². The number of methoxy groups -OCH3 is 1. The molecule has 3 aromatic rings. The van der Waals surface area contributed by atoms with Crippen molar-refractivity contribution in [2.45, 2.75) is 51.0 Å². The van der Waals surface area contributed by atoms with Gasteiger partial charge in [-0.2, -0.15) is 0 Å². The Bertz CT molecular complexity index is 1050. The lowest BCUT2D eigenvalue weighted by molar-refractivity contribution is -0.131. The van der Waals surface area contributed by atoms with Crippen LogP contribution in [-0.2, 0) is 17.9 Å². The number of benzene rings is 2. The van der Waals surface area contributed by atoms with Crippen molar-refractivity contribution in [1.29, 1.82) is 0 Å². The minimum absolute atomic E-state index is 0.141. The second-order valence-corrected chi connectivity index (χ2v) is 9.07. The van der Waals surface area contributed by atoms with Crippen LogP contribution in [0.4, 0.5) is 0 Å². The van der Waals surface area contributed by atoms with Gasteiger partial charge in [-0.05, 0) is 50.3 Å². The molecule has 1 aliphatic rings. The highest BCUT2D eigenvalue weighted by atomic mass is 32.2. The van der Waals surface area contributed by atoms with E-state index >= 15 is 0 Å². The fourth-order valence-electron chi connectivity index (χ4n) is 3.99. The van der Waals surface area contributed by atoms with Crippen LogP contribution in [0, 0.1) is 5.92 Å². The topological polar surface area (TPSA) is 60.2 Å². The molecule has 1 aromatic heterocycles. The largest absolute Gasteiger partial charge is 0.496 e. The van der Waals surface area contributed by atoms with Crippen LogP contribution in [0.25, 0.3) is 11.4 Å². The lowest BCUT2D eigenvalue weighted by atomic mass is 10.1. The molecule has 0 saturated heterocycles. The SMILES string of the molecule is CCn1c(SCC(=O)N(Cc2ccccc2)C(C)C2CC2)nnc1-c1ccccc1OC. The number of carbonyl (C=O) groups is 1. The minimum atomic E-state index is 0.141. The normalized spacial score (nSPS) is 14.2. The molecule has 32 heavy (non-hydrogen) atoms. The maximum atomic E-state index is 13.3. The molecule has 1 unspecified atom stereocenters. The van der Waals surface area contributed by atoms with E-state index in [1.165, 1.54) is 24.6 Å². The summed E-state index contributed by atoms with van der Waals surface area (Å²) in [5.41, 5.74) is 2.06. The van der Waals surface area contributed by atoms with Crippen LogP contribution in [0.3, 0.4) is 0 Å². The molecule has 1 atom stereocenters. The number of carbonyl (C=O) groups excluding carboxylic acids is 1. The Labute approximate surface area is 194 Å². The van der Waals surface area contributed by atoms with E-state index in [0.717, 1.165) is 27.9 Å². The van der Waals surface area contributed by atoms with Crippen molar-refractivity contribution in [2.75, 3.05) is 12.9 Å². The van der Waals surface area contributed by atoms with Crippen molar-refractivity contribution in [3.63, 3.8) is 0 Å². The highest BCUT2D eigenvalue weighted by molar-refractivity contribution is 7.99. The van der Waals surface area contributed by atoms with E-state index in [9.17, 15) is 4.79 Å². The lowest BCUT2D eigenvalue weighted by Crippen LogP contribution is -2.40. The molecule has 1 fully saturated rings. The maximum Gasteiger partial charge on any atom is 0.233 e. The van der Waals surface area contributed by atoms with Gasteiger partial charge in [-0.1, -0.05) is 54.2 Å². The Hall–Kier alpha value is -2.80. The number of amides is 1. The molecule has 0 N–H and O–H groups in total. The Morgan fingerprint density at radius 2 is 1.88 bits per heavy atom. The molecule has 0 spiro atoms. The molecule has 1 aliphatic carbocycles. The molecule has 1 heterocycles. The van der Waals surface area contributed by atoms with Crippen LogP contribution < -0.4 is 4.74 Å². The van der Waals surface area contributed by atoms with Gasteiger partial charge in [0.05, 0.1) is 18.4 Å². The smallest absolute Gasteiger partial charge is 0.233 e. The number of hydrogen-bond acceptors (Lipinski definition) is 5. The molecule has 7 heteroatoms. The van der Waals surface area contributed by atoms with Crippen LogP contribution >= 0.6 is 11.8 Å². The van der Waals surface area contributed by atoms with E-state index in [4.69, 9.17) is 4.74 Å². The predicted octanol–water partition coefficient (Wildman–Crippen LogP) is 4.89. The van der Waals surface area contributed by atoms with Gasteiger partial charge >= 0.3 is 0 Å². The van der Waals surface area contributed by atoms with Crippen LogP contribution in [0.1, 0.15) is 32.3 Å². The standard InChI is InChI=1S/C25H30N4O2S/c1-4-28-24(21-12-8-9-13-22(21)31-3)26-27-25(28)32-17-23(30)29(18(2)20-14-15-20)16-19-10-6-5-7-11-19/h5-13,18,20H,4,14-17H2,1-3H3. The predicted molar refractivity (Wildman–Crippen MR) is 128 cm³/mol. The first kappa shape index (κ1) is 22.4. The number of aromatic nitrogens is 3. The van der Waals surface area contributed by atoms with Crippen molar-refractivity contribution >= 4 is 17.7 Å². The molecule has 6 nitrogen and oxygen atoms in total. The first-order valence-corrected chi connectivity index (χ1v) is 12.1. The van der Waals surface area contributed by atoms with Gasteiger partial charge in [-0.3, -0.25) is 4.79 Å². The van der Waals surface area contributed by atoms with Gasteiger partial charge < -0.3 is 14.2 Å². The van der Waals surface area contributed by atoms with Crippen LogP contribution in [0.5, 0.6) is 5.75 Å². The first-order valence-electron chi connectivity index (χ1n) is 11.1. The third-order valence-electron chi connectivity index (χ3n) is 6.02. The Kier molecular flexibility index (Phi) is 7.15. The summed E-state index contributed by atoms with van der Waals surface area (Å²) in [7, 11) is 1.65. The number of hydrogen-bond donors (Lipinski definition) is 0. The average molecular weight is 451 g/mol. The highest BCUT2D eigenvalue weighted by Crippen LogP contribution is 2.36. The van der Waals surface area contributed by atoms with E-state index in [-0.39, 0.29) is 11.9 Å². The fraction of sp³-hybridized carbons (Fsp3) is 0.400. The van der Waals surface area contributed by atoms with Gasteiger partial charge in [0, 0.05) is 19.1 Å². The van der Waals surface area contributed by atoms with Crippen molar-refractivity contribution in [3.05, 3.63) is 60.2 Å². The summed E-state index contributed by atoms with van der Waals surface area (Å²) in [6.07, 6.45) is 2.42. The summed E-state index contributed by atoms with van der Waals surface area (Å²) in [6, 6.07) is 18.3. The number of nitrogens with zero attached hydrogens (tertiary/aromatic N) is 4. The maximum absolute atomic E-state index is 13.3. The van der Waals surface area contributed by atoms with E-state index in [1.54, 1.807) is 7.11 Å². The summed E-state index contributed by atoms with van der Waals surface area (Å²) in [5.74, 6) is 2.61. The van der Waals surface area contributed by atoms with Gasteiger partial charge in [-0.25, -0.2) is 0 Å². The van der Waals surface area contributed by atoms with E-state index in [1.807, 2.05) is 51.9 Å². The zero-order valence-electron chi connectivity index (χ0n) is 18.9. The number of rotatable bonds is 10. The van der Waals surface area contributed by atoms with Gasteiger partial charge in [0.1, 0.15) is 5.75 Å². The molecule has 0 aliphatic heterocycles. The second kappa shape index (κ2) is 10.2. The van der Waals surface area contributed by atoms with Crippen molar-refractivity contribution in [1.82, 2.24) is 19.7 Å². The van der Waals surface area contributed by atoms with Gasteiger partial charge in [0.2, 0.25) is 5.91 Å². The average Bonchev–Trinajstić information content (AvgIpc) is 3.61. The fourth-order valence-corrected chi connectivity index (χ4v) is 4.88. The van der Waals surface area contributed by atoms with Gasteiger partial charge in [0.25, 0.3) is 0 Å². The summed E-state index contributed by atoms with van der Waals surface area (Å²) in [4.78, 5) is 15.3. The third kappa shape index (κ3) is 4.99. The third-order valence-corrected chi connectivity index (χ3v) is 6.97. The van der Waals surface area contributed by atoms with E-state index < -0.39 is 0 Å². The zero-order chi connectivity index (χ0) is 22.5. The number of ether oxygens (including phenoxy) is 1. The van der Waals surface area contributed by atoms with Gasteiger partial charge in [-0.15, -0.1) is 10.2 Å². The summed E-state index contributed by atoms with van der Waals surface area (Å²) >= 11 is 1.45. The molecule has 0 bridgehead atoms. The van der Waals surface area contributed by atoms with Crippen molar-refractivity contribution < 1.29 is 9.53 Å². The molecule has 1 amide bonds. The molecule has 2 aromatic carbocycles. The molecular formula is C25H30N4O2S. The Morgan fingerprint density at radius 3 is 2.56 bits per heavy atom. The van der Waals surface area contributed by atoms with Crippen LogP contribution in [0.2, 0.25) is 0 Å². The monoisotopic (exact) mass is 450 g/mol. The van der Waals surface area contributed by atoms with Crippen molar-refractivity contribution in [2.24, 2.45) is 5.92 Å². The number of para-hydroxylation sites is 1. The molecule has 1 saturated carbocycles. The highest BCUT2D eigenvalue weighted by Gasteiger charge is 2.34. The molecular weight excluding hydrogens is 420 g/mol. The Morgan fingerprint density at radius 1 is 1.16 bits per heavy atom. The second-order valence-electron chi connectivity index (χ2n) is 8.12. The lowest BCUT2D eigenvalue weighted by Gasteiger charge is -2.29. The van der Waals surface area contributed by atoms with E-state index in [0.29, 0.717) is 24.8 Å². The minimum Gasteiger partial charge on any atom is -0.496 e. The van der Waals surface area contributed by atoms with Crippen molar-refractivity contribution in [3.8, 4) is 17.1 Å². The Balaban J connectivity index is 1.50. The van der Waals surface area contributed by atoms with Crippen LogP contribution in [-0.4, -0.2) is 44.5 Å².